The number of aliphatic hydroxyl groups is 1. The maximum absolute atomic E-state index is 13.3. The Morgan fingerprint density at radius 3 is 2.29 bits per heavy atom. The lowest BCUT2D eigenvalue weighted by molar-refractivity contribution is -0.134. The SMILES string of the molecule is CC(C)(CO)CNC(=O)C1(N2CCCCC2)Cc2ccccc2C1. The second kappa shape index (κ2) is 6.85. The van der Waals surface area contributed by atoms with Crippen LogP contribution in [0, 0.1) is 5.41 Å². The van der Waals surface area contributed by atoms with E-state index in [-0.39, 0.29) is 17.9 Å². The zero-order valence-corrected chi connectivity index (χ0v) is 15.0. The van der Waals surface area contributed by atoms with Gasteiger partial charge in [0.15, 0.2) is 0 Å². The van der Waals surface area contributed by atoms with Gasteiger partial charge in [-0.15, -0.1) is 0 Å². The fourth-order valence-electron chi connectivity index (χ4n) is 3.98. The maximum atomic E-state index is 13.3. The van der Waals surface area contributed by atoms with Crippen molar-refractivity contribution >= 4 is 5.91 Å². The highest BCUT2D eigenvalue weighted by molar-refractivity contribution is 5.88. The average molecular weight is 330 g/mol. The summed E-state index contributed by atoms with van der Waals surface area (Å²) in [6, 6.07) is 8.45. The molecule has 0 spiro atoms. The van der Waals surface area contributed by atoms with Gasteiger partial charge >= 0.3 is 0 Å². The third-order valence-corrected chi connectivity index (χ3v) is 5.62. The number of carbonyl (C=O) groups is 1. The van der Waals surface area contributed by atoms with E-state index in [2.05, 4.69) is 34.5 Å². The van der Waals surface area contributed by atoms with E-state index >= 15 is 0 Å². The lowest BCUT2D eigenvalue weighted by Gasteiger charge is -2.42. The Balaban J connectivity index is 1.82. The predicted molar refractivity (Wildman–Crippen MR) is 95.9 cm³/mol. The summed E-state index contributed by atoms with van der Waals surface area (Å²) in [5, 5.41) is 12.6. The molecule has 2 aliphatic rings. The molecular weight excluding hydrogens is 300 g/mol. The van der Waals surface area contributed by atoms with Crippen LogP contribution in [-0.2, 0) is 17.6 Å². The first-order chi connectivity index (χ1) is 11.5. The highest BCUT2D eigenvalue weighted by atomic mass is 16.3. The number of fused-ring (bicyclic) bond motifs is 1. The van der Waals surface area contributed by atoms with Crippen LogP contribution in [0.3, 0.4) is 0 Å². The second-order valence-electron chi connectivity index (χ2n) is 8.21. The van der Waals surface area contributed by atoms with Crippen molar-refractivity contribution in [1.29, 1.82) is 0 Å². The van der Waals surface area contributed by atoms with Crippen LogP contribution in [0.5, 0.6) is 0 Å². The second-order valence-corrected chi connectivity index (χ2v) is 8.21. The number of hydrogen-bond donors (Lipinski definition) is 2. The summed E-state index contributed by atoms with van der Waals surface area (Å²) in [7, 11) is 0. The Kier molecular flexibility index (Phi) is 4.97. The van der Waals surface area contributed by atoms with Crippen molar-refractivity contribution in [2.24, 2.45) is 5.41 Å². The van der Waals surface area contributed by atoms with E-state index < -0.39 is 5.54 Å². The van der Waals surface area contributed by atoms with Crippen molar-refractivity contribution in [1.82, 2.24) is 10.2 Å². The topological polar surface area (TPSA) is 52.6 Å². The first-order valence-corrected chi connectivity index (χ1v) is 9.18. The van der Waals surface area contributed by atoms with Gasteiger partial charge in [-0.1, -0.05) is 44.5 Å². The summed E-state index contributed by atoms with van der Waals surface area (Å²) in [5.74, 6) is 0.127. The van der Waals surface area contributed by atoms with E-state index in [9.17, 15) is 9.90 Å². The fraction of sp³-hybridized carbons (Fsp3) is 0.650. The number of rotatable bonds is 5. The molecule has 1 heterocycles. The van der Waals surface area contributed by atoms with Crippen molar-refractivity contribution in [3.05, 3.63) is 35.4 Å². The number of piperidine rings is 1. The number of likely N-dealkylation sites (tertiary alicyclic amines) is 1. The summed E-state index contributed by atoms with van der Waals surface area (Å²) >= 11 is 0. The average Bonchev–Trinajstić information content (AvgIpc) is 3.01. The standard InChI is InChI=1S/C20H30N2O2/c1-19(2,15-23)14-21-18(24)20(22-10-6-3-7-11-22)12-16-8-4-5-9-17(16)13-20/h4-5,8-9,23H,3,6-7,10-15H2,1-2H3,(H,21,24). The molecule has 0 bridgehead atoms. The number of hydrogen-bond acceptors (Lipinski definition) is 3. The minimum absolute atomic E-state index is 0.0736. The molecule has 3 rings (SSSR count). The quantitative estimate of drug-likeness (QED) is 0.870. The van der Waals surface area contributed by atoms with Gasteiger partial charge in [0, 0.05) is 31.4 Å². The van der Waals surface area contributed by atoms with Gasteiger partial charge in [0.1, 0.15) is 5.54 Å². The zero-order valence-electron chi connectivity index (χ0n) is 15.0. The number of aliphatic hydroxyl groups excluding tert-OH is 1. The molecule has 0 unspecified atom stereocenters. The van der Waals surface area contributed by atoms with Crippen LogP contribution < -0.4 is 5.32 Å². The monoisotopic (exact) mass is 330 g/mol. The van der Waals surface area contributed by atoms with Crippen LogP contribution in [0.4, 0.5) is 0 Å². The maximum Gasteiger partial charge on any atom is 0.241 e. The van der Waals surface area contributed by atoms with E-state index in [0.29, 0.717) is 6.54 Å². The summed E-state index contributed by atoms with van der Waals surface area (Å²) < 4.78 is 0. The minimum Gasteiger partial charge on any atom is -0.396 e. The molecular formula is C20H30N2O2. The molecule has 132 valence electrons. The van der Waals surface area contributed by atoms with Gasteiger partial charge < -0.3 is 10.4 Å². The largest absolute Gasteiger partial charge is 0.396 e. The zero-order chi connectivity index (χ0) is 17.2. The summed E-state index contributed by atoms with van der Waals surface area (Å²) in [6.07, 6.45) is 5.21. The Hall–Kier alpha value is -1.39. The van der Waals surface area contributed by atoms with Crippen molar-refractivity contribution < 1.29 is 9.90 Å². The third-order valence-electron chi connectivity index (χ3n) is 5.62. The van der Waals surface area contributed by atoms with Crippen LogP contribution in [0.25, 0.3) is 0 Å². The first-order valence-electron chi connectivity index (χ1n) is 9.18. The van der Waals surface area contributed by atoms with Gasteiger partial charge in [0.2, 0.25) is 5.91 Å². The summed E-state index contributed by atoms with van der Waals surface area (Å²) in [5.41, 5.74) is 1.87. The van der Waals surface area contributed by atoms with Gasteiger partial charge in [-0.3, -0.25) is 9.69 Å². The molecule has 0 saturated carbocycles. The lowest BCUT2D eigenvalue weighted by atomic mass is 9.88. The molecule has 0 radical (unpaired) electrons. The Morgan fingerprint density at radius 1 is 1.17 bits per heavy atom. The van der Waals surface area contributed by atoms with Crippen molar-refractivity contribution in [3.63, 3.8) is 0 Å². The Morgan fingerprint density at radius 2 is 1.75 bits per heavy atom. The van der Waals surface area contributed by atoms with E-state index in [4.69, 9.17) is 0 Å². The van der Waals surface area contributed by atoms with Gasteiger partial charge in [0.25, 0.3) is 0 Å². The molecule has 1 amide bonds. The molecule has 1 saturated heterocycles. The van der Waals surface area contributed by atoms with Crippen molar-refractivity contribution in [3.8, 4) is 0 Å². The first kappa shape index (κ1) is 17.4. The third kappa shape index (κ3) is 3.35. The van der Waals surface area contributed by atoms with Gasteiger partial charge in [-0.05, 0) is 37.1 Å². The van der Waals surface area contributed by atoms with Crippen LogP contribution in [0.15, 0.2) is 24.3 Å². The van der Waals surface area contributed by atoms with Crippen LogP contribution in [-0.4, -0.2) is 47.7 Å². The van der Waals surface area contributed by atoms with Crippen LogP contribution in [0.1, 0.15) is 44.2 Å². The smallest absolute Gasteiger partial charge is 0.241 e. The number of benzene rings is 1. The number of amides is 1. The number of nitrogens with zero attached hydrogens (tertiary/aromatic N) is 1. The molecule has 0 atom stereocenters. The van der Waals surface area contributed by atoms with E-state index in [0.717, 1.165) is 25.9 Å². The molecule has 24 heavy (non-hydrogen) atoms. The van der Waals surface area contributed by atoms with Crippen LogP contribution >= 0.6 is 0 Å². The molecule has 1 aliphatic heterocycles. The molecule has 0 aromatic heterocycles. The molecule has 1 aromatic carbocycles. The molecule has 1 fully saturated rings. The minimum atomic E-state index is -0.449. The molecule has 1 aliphatic carbocycles. The highest BCUT2D eigenvalue weighted by Gasteiger charge is 2.48. The summed E-state index contributed by atoms with van der Waals surface area (Å²) in [6.45, 7) is 6.54. The van der Waals surface area contributed by atoms with Gasteiger partial charge in [0.05, 0.1) is 0 Å². The lowest BCUT2D eigenvalue weighted by Crippen LogP contribution is -2.61. The van der Waals surface area contributed by atoms with Crippen LogP contribution in [0.2, 0.25) is 0 Å². The van der Waals surface area contributed by atoms with E-state index in [1.807, 2.05) is 13.8 Å². The highest BCUT2D eigenvalue weighted by Crippen LogP contribution is 2.36. The van der Waals surface area contributed by atoms with Gasteiger partial charge in [-0.25, -0.2) is 0 Å². The Bertz CT molecular complexity index is 566. The van der Waals surface area contributed by atoms with Crippen molar-refractivity contribution in [2.75, 3.05) is 26.2 Å². The Labute approximate surface area is 145 Å². The number of carbonyl (C=O) groups excluding carboxylic acids is 1. The van der Waals surface area contributed by atoms with E-state index in [1.165, 1.54) is 30.4 Å². The predicted octanol–water partition coefficient (Wildman–Crippen LogP) is 2.14. The normalized spacial score (nSPS) is 20.6. The molecule has 4 heteroatoms. The number of nitrogens with one attached hydrogen (secondary N) is 1. The molecule has 2 N–H and O–H groups in total. The van der Waals surface area contributed by atoms with Crippen molar-refractivity contribution in [2.45, 2.75) is 51.5 Å². The van der Waals surface area contributed by atoms with E-state index in [1.54, 1.807) is 0 Å². The summed E-state index contributed by atoms with van der Waals surface area (Å²) in [4.78, 5) is 15.7. The molecule has 4 nitrogen and oxygen atoms in total. The van der Waals surface area contributed by atoms with Gasteiger partial charge in [-0.2, -0.15) is 0 Å². The fourth-order valence-corrected chi connectivity index (χ4v) is 3.98. The molecule has 1 aromatic rings.